The lowest BCUT2D eigenvalue weighted by atomic mass is 9.91. The van der Waals surface area contributed by atoms with Gasteiger partial charge in [-0.1, -0.05) is 66.2 Å². The average Bonchev–Trinajstić information content (AvgIpc) is 2.75. The molecule has 0 aliphatic rings. The molecule has 0 heterocycles. The van der Waals surface area contributed by atoms with Crippen molar-refractivity contribution in [3.63, 3.8) is 0 Å². The number of sulfonamides is 1. The van der Waals surface area contributed by atoms with Crippen LogP contribution in [0.3, 0.4) is 0 Å². The Bertz CT molecular complexity index is 1310. The summed E-state index contributed by atoms with van der Waals surface area (Å²) in [5.74, 6) is -1.38. The smallest absolute Gasteiger partial charge is 0.376 e. The van der Waals surface area contributed by atoms with E-state index >= 15 is 0 Å². The summed E-state index contributed by atoms with van der Waals surface area (Å²) in [6, 6.07) is 19.8. The van der Waals surface area contributed by atoms with Gasteiger partial charge in [0, 0.05) is 18.0 Å². The summed E-state index contributed by atoms with van der Waals surface area (Å²) in [4.78, 5) is 0.0177. The topological polar surface area (TPSA) is 89.5 Å². The molecule has 0 aromatic heterocycles. The molecule has 3 aromatic carbocycles. The zero-order valence-electron chi connectivity index (χ0n) is 17.3. The number of halogens is 3. The van der Waals surface area contributed by atoms with Crippen molar-refractivity contribution in [2.75, 3.05) is 6.54 Å². The average molecular weight is 500 g/mol. The lowest BCUT2D eigenvalue weighted by molar-refractivity contribution is -0.0500. The molecule has 0 aliphatic carbocycles. The molecule has 3 rings (SSSR count). The summed E-state index contributed by atoms with van der Waals surface area (Å²) in [6.45, 7) is 1.55. The molecule has 0 radical (unpaired) electrons. The molecular formula is C22H20F3NO5S2. The minimum atomic E-state index is -5.92. The van der Waals surface area contributed by atoms with Gasteiger partial charge >= 0.3 is 15.6 Å². The molecule has 0 unspecified atom stereocenters. The van der Waals surface area contributed by atoms with Gasteiger partial charge in [0.25, 0.3) is 0 Å². The number of alkyl halides is 3. The van der Waals surface area contributed by atoms with E-state index in [9.17, 15) is 30.0 Å². The first-order valence-corrected chi connectivity index (χ1v) is 12.5. The number of para-hydroxylation sites is 1. The van der Waals surface area contributed by atoms with Crippen LogP contribution in [0.5, 0.6) is 5.75 Å². The van der Waals surface area contributed by atoms with Gasteiger partial charge in [-0.05, 0) is 30.7 Å². The van der Waals surface area contributed by atoms with Crippen molar-refractivity contribution in [3.8, 4) is 5.75 Å². The predicted molar refractivity (Wildman–Crippen MR) is 117 cm³/mol. The van der Waals surface area contributed by atoms with Crippen LogP contribution in [0.15, 0.2) is 83.8 Å². The van der Waals surface area contributed by atoms with Gasteiger partial charge in [0.2, 0.25) is 10.0 Å². The van der Waals surface area contributed by atoms with Crippen LogP contribution in [-0.4, -0.2) is 28.9 Å². The fourth-order valence-electron chi connectivity index (χ4n) is 3.10. The first-order chi connectivity index (χ1) is 15.4. The Labute approximate surface area is 190 Å². The summed E-state index contributed by atoms with van der Waals surface area (Å²) < 4.78 is 94.3. The Morgan fingerprint density at radius 2 is 1.42 bits per heavy atom. The molecule has 0 bridgehead atoms. The van der Waals surface area contributed by atoms with E-state index in [1.165, 1.54) is 30.3 Å². The first-order valence-electron chi connectivity index (χ1n) is 9.62. The van der Waals surface area contributed by atoms with E-state index in [4.69, 9.17) is 0 Å². The number of hydrogen-bond donors (Lipinski definition) is 1. The molecular weight excluding hydrogens is 479 g/mol. The second-order valence-corrected chi connectivity index (χ2v) is 10.5. The summed E-state index contributed by atoms with van der Waals surface area (Å²) in [6.07, 6.45) is 0. The largest absolute Gasteiger partial charge is 0.534 e. The molecule has 6 nitrogen and oxygen atoms in total. The first kappa shape index (κ1) is 24.7. The van der Waals surface area contributed by atoms with Crippen LogP contribution in [0.4, 0.5) is 13.2 Å². The number of rotatable bonds is 8. The Morgan fingerprint density at radius 3 is 2.03 bits per heavy atom. The number of hydrogen-bond acceptors (Lipinski definition) is 5. The van der Waals surface area contributed by atoms with Gasteiger partial charge in [-0.2, -0.15) is 21.6 Å². The fraction of sp³-hybridized carbons (Fsp3) is 0.182. The molecule has 176 valence electrons. The SMILES string of the molecule is Cc1ccc(S(=O)(=O)NC[C@@H](c2ccccc2)c2ccccc2OS(=O)(=O)C(F)(F)F)cc1. The highest BCUT2D eigenvalue weighted by Crippen LogP contribution is 2.35. The van der Waals surface area contributed by atoms with Crippen molar-refractivity contribution in [1.82, 2.24) is 4.72 Å². The molecule has 11 heteroatoms. The van der Waals surface area contributed by atoms with E-state index in [1.807, 2.05) is 0 Å². The third kappa shape index (κ3) is 5.92. The van der Waals surface area contributed by atoms with E-state index in [2.05, 4.69) is 8.91 Å². The molecule has 0 aliphatic heterocycles. The molecule has 3 aromatic rings. The van der Waals surface area contributed by atoms with Gasteiger partial charge in [0.15, 0.2) is 0 Å². The fourth-order valence-corrected chi connectivity index (χ4v) is 4.63. The Morgan fingerprint density at radius 1 is 0.848 bits per heavy atom. The molecule has 33 heavy (non-hydrogen) atoms. The molecule has 0 amide bonds. The second kappa shape index (κ2) is 9.54. The van der Waals surface area contributed by atoms with Gasteiger partial charge in [-0.15, -0.1) is 0 Å². The van der Waals surface area contributed by atoms with E-state index < -0.39 is 37.3 Å². The maximum absolute atomic E-state index is 12.9. The highest BCUT2D eigenvalue weighted by molar-refractivity contribution is 7.89. The standard InChI is InChI=1S/C22H20F3NO5S2/c1-16-11-13-18(14-12-16)32(27,28)26-15-20(17-7-3-2-4-8-17)19-9-5-6-10-21(19)31-33(29,30)22(23,24)25/h2-14,20,26H,15H2,1H3/t20-/m0/s1. The van der Waals surface area contributed by atoms with E-state index in [0.29, 0.717) is 5.56 Å². The van der Waals surface area contributed by atoms with Crippen molar-refractivity contribution < 1.29 is 34.2 Å². The van der Waals surface area contributed by atoms with Crippen LogP contribution >= 0.6 is 0 Å². The zero-order chi connectivity index (χ0) is 24.3. The summed E-state index contributed by atoms with van der Waals surface area (Å²) >= 11 is 0. The van der Waals surface area contributed by atoms with E-state index in [0.717, 1.165) is 11.6 Å². The zero-order valence-corrected chi connectivity index (χ0v) is 18.9. The number of nitrogens with one attached hydrogen (secondary N) is 1. The molecule has 0 fully saturated rings. The molecule has 0 saturated carbocycles. The Balaban J connectivity index is 1.99. The quantitative estimate of drug-likeness (QED) is 0.368. The maximum Gasteiger partial charge on any atom is 0.534 e. The summed E-state index contributed by atoms with van der Waals surface area (Å²) in [5, 5.41) is 0. The van der Waals surface area contributed by atoms with Crippen molar-refractivity contribution in [1.29, 1.82) is 0 Å². The molecule has 0 spiro atoms. The lowest BCUT2D eigenvalue weighted by Crippen LogP contribution is -2.30. The van der Waals surface area contributed by atoms with Crippen molar-refractivity contribution >= 4 is 20.1 Å². The lowest BCUT2D eigenvalue weighted by Gasteiger charge is -2.22. The monoisotopic (exact) mass is 499 g/mol. The van der Waals surface area contributed by atoms with E-state index in [-0.39, 0.29) is 17.0 Å². The van der Waals surface area contributed by atoms with Crippen LogP contribution < -0.4 is 8.91 Å². The summed E-state index contributed by atoms with van der Waals surface area (Å²) in [7, 11) is -9.87. The highest BCUT2D eigenvalue weighted by atomic mass is 32.2. The van der Waals surface area contributed by atoms with Crippen LogP contribution in [-0.2, 0) is 20.1 Å². The predicted octanol–water partition coefficient (Wildman–Crippen LogP) is 4.33. The number of aryl methyl sites for hydroxylation is 1. The Kier molecular flexibility index (Phi) is 7.15. The minimum Gasteiger partial charge on any atom is -0.376 e. The minimum absolute atomic E-state index is 0.0177. The Hall–Kier alpha value is -2.89. The second-order valence-electron chi connectivity index (χ2n) is 7.15. The summed E-state index contributed by atoms with van der Waals surface area (Å²) in [5.41, 5.74) is -4.13. The van der Waals surface area contributed by atoms with E-state index in [1.54, 1.807) is 49.4 Å². The molecule has 1 N–H and O–H groups in total. The van der Waals surface area contributed by atoms with Crippen molar-refractivity contribution in [3.05, 3.63) is 95.6 Å². The van der Waals surface area contributed by atoms with Gasteiger partial charge in [0.1, 0.15) is 5.75 Å². The van der Waals surface area contributed by atoms with Crippen LogP contribution in [0.1, 0.15) is 22.6 Å². The van der Waals surface area contributed by atoms with Crippen LogP contribution in [0, 0.1) is 6.92 Å². The number of benzene rings is 3. The van der Waals surface area contributed by atoms with Crippen LogP contribution in [0.2, 0.25) is 0 Å². The van der Waals surface area contributed by atoms with Gasteiger partial charge in [0.05, 0.1) is 4.90 Å². The third-order valence-corrected chi connectivity index (χ3v) is 7.19. The highest BCUT2D eigenvalue weighted by Gasteiger charge is 2.49. The van der Waals surface area contributed by atoms with Crippen LogP contribution in [0.25, 0.3) is 0 Å². The van der Waals surface area contributed by atoms with Crippen molar-refractivity contribution in [2.24, 2.45) is 0 Å². The van der Waals surface area contributed by atoms with Gasteiger partial charge < -0.3 is 4.18 Å². The van der Waals surface area contributed by atoms with Gasteiger partial charge in [-0.25, -0.2) is 13.1 Å². The maximum atomic E-state index is 12.9. The van der Waals surface area contributed by atoms with Crippen molar-refractivity contribution in [2.45, 2.75) is 23.2 Å². The third-order valence-electron chi connectivity index (χ3n) is 4.79. The normalized spacial score (nSPS) is 13.5. The molecule has 0 saturated heterocycles. The molecule has 1 atom stereocenters. The van der Waals surface area contributed by atoms with Gasteiger partial charge in [-0.3, -0.25) is 0 Å².